The molecule has 0 spiro atoms. The van der Waals surface area contributed by atoms with Crippen molar-refractivity contribution in [2.45, 2.75) is 13.8 Å². The van der Waals surface area contributed by atoms with Gasteiger partial charge in [0, 0.05) is 17.1 Å². The summed E-state index contributed by atoms with van der Waals surface area (Å²) in [5, 5.41) is 17.2. The van der Waals surface area contributed by atoms with E-state index in [2.05, 4.69) is 0 Å². The molecule has 0 heterocycles. The summed E-state index contributed by atoms with van der Waals surface area (Å²) in [6.07, 6.45) is 0. The number of hydrogen-bond acceptors (Lipinski definition) is 6. The van der Waals surface area contributed by atoms with Gasteiger partial charge in [-0.15, -0.1) is 0 Å². The van der Waals surface area contributed by atoms with Crippen molar-refractivity contribution >= 4 is 23.9 Å². The zero-order valence-corrected chi connectivity index (χ0v) is 16.6. The number of rotatable bonds is 6. The third-order valence-corrected chi connectivity index (χ3v) is 3.29. The van der Waals surface area contributed by atoms with Crippen LogP contribution >= 0.6 is 0 Å². The predicted octanol–water partition coefficient (Wildman–Crippen LogP) is 3.12. The second kappa shape index (κ2) is 13.1. The van der Waals surface area contributed by atoms with Gasteiger partial charge in [-0.05, 0) is 62.4 Å². The molecule has 0 aromatic heterocycles. The van der Waals surface area contributed by atoms with Crippen molar-refractivity contribution in [1.82, 2.24) is 0 Å². The van der Waals surface area contributed by atoms with E-state index in [1.165, 1.54) is 48.5 Å². The van der Waals surface area contributed by atoms with E-state index < -0.39 is 23.9 Å². The molecule has 29 heavy (non-hydrogen) atoms. The summed E-state index contributed by atoms with van der Waals surface area (Å²) in [5.74, 6) is -2.91. The zero-order chi connectivity index (χ0) is 21.1. The van der Waals surface area contributed by atoms with Crippen molar-refractivity contribution in [3.63, 3.8) is 0 Å². The number of carbonyl (C=O) groups excluding carboxylic acids is 2. The molecule has 0 aliphatic rings. The maximum Gasteiger partial charge on any atom is 0.338 e. The van der Waals surface area contributed by atoms with Crippen LogP contribution in [0, 0.1) is 0 Å². The summed E-state index contributed by atoms with van der Waals surface area (Å²) >= 11 is 0. The molecule has 2 aromatic rings. The molecule has 0 aliphatic carbocycles. The molecule has 8 nitrogen and oxygen atoms in total. The molecule has 0 saturated heterocycles. The molecule has 2 N–H and O–H groups in total. The Kier molecular flexibility index (Phi) is 11.7. The fraction of sp³-hybridized carbons (Fsp3) is 0.200. The van der Waals surface area contributed by atoms with E-state index in [-0.39, 0.29) is 28.2 Å². The van der Waals surface area contributed by atoms with E-state index in [0.717, 1.165) is 0 Å². The fourth-order valence-electron chi connectivity index (χ4n) is 1.93. The molecular formula is C20H20CuO8. The Hall–Kier alpha value is -3.16. The van der Waals surface area contributed by atoms with Crippen LogP contribution in [0.15, 0.2) is 48.5 Å². The summed E-state index contributed by atoms with van der Waals surface area (Å²) in [6.45, 7) is 4.03. The number of ether oxygens (including phenoxy) is 2. The van der Waals surface area contributed by atoms with Crippen molar-refractivity contribution in [3.8, 4) is 0 Å². The van der Waals surface area contributed by atoms with Gasteiger partial charge < -0.3 is 19.7 Å². The first-order valence-electron chi connectivity index (χ1n) is 8.31. The molecule has 159 valence electrons. The zero-order valence-electron chi connectivity index (χ0n) is 15.7. The molecule has 2 rings (SSSR count). The Morgan fingerprint density at radius 2 is 0.862 bits per heavy atom. The maximum absolute atomic E-state index is 11.2. The van der Waals surface area contributed by atoms with Crippen LogP contribution in [0.1, 0.15) is 55.3 Å². The summed E-state index contributed by atoms with van der Waals surface area (Å²) in [5.41, 5.74) is 1.02. The summed E-state index contributed by atoms with van der Waals surface area (Å²) in [6, 6.07) is 11.2. The van der Waals surface area contributed by atoms with E-state index in [1.807, 2.05) is 0 Å². The standard InChI is InChI=1S/2C10H10O4.Cu/c2*1-2-14-10(13)8-5-3-7(4-6-8)9(11)12;/h2*3-6H,2H2,1H3,(H,11,12);. The number of carbonyl (C=O) groups is 4. The van der Waals surface area contributed by atoms with Crippen LogP contribution in [0.3, 0.4) is 0 Å². The average Bonchev–Trinajstić information content (AvgIpc) is 2.69. The maximum atomic E-state index is 11.2. The first-order chi connectivity index (χ1) is 13.3. The summed E-state index contributed by atoms with van der Waals surface area (Å²) in [7, 11) is 0. The Morgan fingerprint density at radius 1 is 0.621 bits per heavy atom. The van der Waals surface area contributed by atoms with Crippen LogP contribution in [0.25, 0.3) is 0 Å². The molecule has 1 radical (unpaired) electrons. The number of carboxylic acid groups (broad SMARTS) is 2. The Bertz CT molecular complexity index is 757. The first kappa shape index (κ1) is 25.8. The van der Waals surface area contributed by atoms with Crippen LogP contribution in [0.4, 0.5) is 0 Å². The number of benzene rings is 2. The van der Waals surface area contributed by atoms with Gasteiger partial charge in [0.15, 0.2) is 0 Å². The first-order valence-corrected chi connectivity index (χ1v) is 8.31. The van der Waals surface area contributed by atoms with Crippen LogP contribution < -0.4 is 0 Å². The molecule has 2 aromatic carbocycles. The van der Waals surface area contributed by atoms with Gasteiger partial charge in [-0.1, -0.05) is 0 Å². The molecule has 0 amide bonds. The summed E-state index contributed by atoms with van der Waals surface area (Å²) < 4.78 is 9.48. The monoisotopic (exact) mass is 451 g/mol. The molecule has 0 aliphatic heterocycles. The minimum Gasteiger partial charge on any atom is -0.478 e. The van der Waals surface area contributed by atoms with E-state index in [4.69, 9.17) is 19.7 Å². The topological polar surface area (TPSA) is 127 Å². The second-order valence-electron chi connectivity index (χ2n) is 5.21. The molecular weight excluding hydrogens is 432 g/mol. The number of carboxylic acids is 2. The van der Waals surface area contributed by atoms with Crippen molar-refractivity contribution in [2.24, 2.45) is 0 Å². The minimum absolute atomic E-state index is 0. The van der Waals surface area contributed by atoms with Gasteiger partial charge in [0.2, 0.25) is 0 Å². The quantitative estimate of drug-likeness (QED) is 0.506. The van der Waals surface area contributed by atoms with Gasteiger partial charge in [-0.2, -0.15) is 0 Å². The van der Waals surface area contributed by atoms with Gasteiger partial charge in [0.1, 0.15) is 0 Å². The third kappa shape index (κ3) is 8.59. The van der Waals surface area contributed by atoms with Gasteiger partial charge >= 0.3 is 23.9 Å². The molecule has 0 unspecified atom stereocenters. The van der Waals surface area contributed by atoms with E-state index >= 15 is 0 Å². The average molecular weight is 452 g/mol. The molecule has 0 fully saturated rings. The number of hydrogen-bond donors (Lipinski definition) is 2. The Balaban J connectivity index is 0.000000523. The molecule has 9 heteroatoms. The van der Waals surface area contributed by atoms with Crippen molar-refractivity contribution in [1.29, 1.82) is 0 Å². The van der Waals surface area contributed by atoms with Gasteiger partial charge in [-0.25, -0.2) is 19.2 Å². The van der Waals surface area contributed by atoms with E-state index in [1.54, 1.807) is 13.8 Å². The number of aromatic carboxylic acids is 2. The number of esters is 2. The molecule has 0 bridgehead atoms. The largest absolute Gasteiger partial charge is 0.478 e. The fourth-order valence-corrected chi connectivity index (χ4v) is 1.93. The van der Waals surface area contributed by atoms with Crippen LogP contribution in [-0.2, 0) is 26.5 Å². The van der Waals surface area contributed by atoms with Gasteiger partial charge in [0.05, 0.1) is 35.5 Å². The van der Waals surface area contributed by atoms with Crippen LogP contribution in [0.5, 0.6) is 0 Å². The Morgan fingerprint density at radius 3 is 1.07 bits per heavy atom. The third-order valence-electron chi connectivity index (χ3n) is 3.29. The van der Waals surface area contributed by atoms with Crippen LogP contribution in [0.2, 0.25) is 0 Å². The van der Waals surface area contributed by atoms with E-state index in [0.29, 0.717) is 24.3 Å². The predicted molar refractivity (Wildman–Crippen MR) is 98.7 cm³/mol. The van der Waals surface area contributed by atoms with Crippen molar-refractivity contribution in [2.75, 3.05) is 13.2 Å². The van der Waals surface area contributed by atoms with Gasteiger partial charge in [0.25, 0.3) is 0 Å². The molecule has 0 saturated carbocycles. The smallest absolute Gasteiger partial charge is 0.338 e. The SMILES string of the molecule is CCOC(=O)c1ccc(C(=O)O)cc1.CCOC(=O)c1ccc(C(=O)O)cc1.[Cu]. The van der Waals surface area contributed by atoms with E-state index in [9.17, 15) is 19.2 Å². The molecule has 0 atom stereocenters. The second-order valence-corrected chi connectivity index (χ2v) is 5.21. The van der Waals surface area contributed by atoms with Crippen molar-refractivity contribution < 1.29 is 55.9 Å². The normalized spacial score (nSPS) is 9.17. The van der Waals surface area contributed by atoms with Crippen LogP contribution in [-0.4, -0.2) is 47.3 Å². The van der Waals surface area contributed by atoms with Crippen molar-refractivity contribution in [3.05, 3.63) is 70.8 Å². The summed E-state index contributed by atoms with van der Waals surface area (Å²) in [4.78, 5) is 43.3. The Labute approximate surface area is 177 Å². The van der Waals surface area contributed by atoms with Gasteiger partial charge in [-0.3, -0.25) is 0 Å². The minimum atomic E-state index is -1.01.